The molecule has 3 aliphatic heterocycles. The van der Waals surface area contributed by atoms with Crippen molar-refractivity contribution >= 4 is 11.8 Å². The summed E-state index contributed by atoms with van der Waals surface area (Å²) in [6, 6.07) is 8.39. The molecule has 0 N–H and O–H groups in total. The fourth-order valence-electron chi connectivity index (χ4n) is 4.78. The average Bonchev–Trinajstić information content (AvgIpc) is 2.75. The van der Waals surface area contributed by atoms with Gasteiger partial charge in [0, 0.05) is 33.3 Å². The number of carbonyl (C=O) groups excluding carboxylic acids is 2. The molecular weight excluding hydrogens is 372 g/mol. The maximum absolute atomic E-state index is 12.8. The van der Waals surface area contributed by atoms with Crippen LogP contribution in [0.3, 0.4) is 0 Å². The fraction of sp³-hybridized carbons (Fsp3) is 0.636. The van der Waals surface area contributed by atoms with Crippen LogP contribution in [-0.4, -0.2) is 80.8 Å². The van der Waals surface area contributed by atoms with E-state index in [1.807, 2.05) is 15.9 Å². The Bertz CT molecular complexity index is 738. The smallest absolute Gasteiger partial charge is 0.248 e. The van der Waals surface area contributed by atoms with Crippen molar-refractivity contribution in [2.45, 2.75) is 37.4 Å². The molecule has 2 saturated heterocycles. The van der Waals surface area contributed by atoms with E-state index in [-0.39, 0.29) is 24.5 Å². The van der Waals surface area contributed by atoms with Crippen LogP contribution in [-0.2, 0) is 35.8 Å². The van der Waals surface area contributed by atoms with Crippen molar-refractivity contribution < 1.29 is 23.8 Å². The zero-order valence-electron chi connectivity index (χ0n) is 17.1. The van der Waals surface area contributed by atoms with Gasteiger partial charge < -0.3 is 24.0 Å². The van der Waals surface area contributed by atoms with Gasteiger partial charge in [-0.2, -0.15) is 0 Å². The average molecular weight is 402 g/mol. The van der Waals surface area contributed by atoms with Crippen molar-refractivity contribution in [2.75, 3.05) is 53.1 Å². The molecule has 158 valence electrons. The lowest BCUT2D eigenvalue weighted by molar-refractivity contribution is -0.162. The van der Waals surface area contributed by atoms with Gasteiger partial charge in [-0.1, -0.05) is 24.3 Å². The largest absolute Gasteiger partial charge is 0.378 e. The number of amides is 2. The van der Waals surface area contributed by atoms with Crippen molar-refractivity contribution in [3.63, 3.8) is 0 Å². The minimum absolute atomic E-state index is 0.0190. The molecule has 4 rings (SSSR count). The number of hydrogen-bond donors (Lipinski definition) is 0. The summed E-state index contributed by atoms with van der Waals surface area (Å²) in [6.07, 6.45) is 2.48. The highest BCUT2D eigenvalue weighted by Gasteiger charge is 2.44. The third kappa shape index (κ3) is 4.32. The molecule has 1 atom stereocenters. The monoisotopic (exact) mass is 402 g/mol. The van der Waals surface area contributed by atoms with Gasteiger partial charge in [-0.3, -0.25) is 9.59 Å². The van der Waals surface area contributed by atoms with Crippen molar-refractivity contribution in [2.24, 2.45) is 0 Å². The summed E-state index contributed by atoms with van der Waals surface area (Å²) in [4.78, 5) is 28.7. The molecule has 7 heteroatoms. The van der Waals surface area contributed by atoms with E-state index in [2.05, 4.69) is 18.2 Å². The molecular formula is C22H30N2O5. The lowest BCUT2D eigenvalue weighted by atomic mass is 9.78. The standard InChI is InChI=1S/C22H30N2O5/c1-27-16-21(26)23-8-6-22(7-9-23)19-5-3-2-4-17(19)14-18(29-22)15-20(25)24-10-12-28-13-11-24/h2-5,18H,6-16H2,1H3. The highest BCUT2D eigenvalue weighted by Crippen LogP contribution is 2.44. The summed E-state index contributed by atoms with van der Waals surface area (Å²) >= 11 is 0. The van der Waals surface area contributed by atoms with Gasteiger partial charge in [0.05, 0.1) is 31.3 Å². The summed E-state index contributed by atoms with van der Waals surface area (Å²) in [5.41, 5.74) is 2.05. The highest BCUT2D eigenvalue weighted by atomic mass is 16.5. The zero-order valence-corrected chi connectivity index (χ0v) is 17.1. The van der Waals surface area contributed by atoms with Crippen LogP contribution in [0, 0.1) is 0 Å². The highest BCUT2D eigenvalue weighted by molar-refractivity contribution is 5.78. The molecule has 0 aliphatic carbocycles. The second-order valence-corrected chi connectivity index (χ2v) is 8.11. The fourth-order valence-corrected chi connectivity index (χ4v) is 4.78. The molecule has 7 nitrogen and oxygen atoms in total. The second kappa shape index (κ2) is 8.81. The number of ether oxygens (including phenoxy) is 3. The Morgan fingerprint density at radius 1 is 1.07 bits per heavy atom. The van der Waals surface area contributed by atoms with Crippen LogP contribution in [0.15, 0.2) is 24.3 Å². The number of benzene rings is 1. The molecule has 2 fully saturated rings. The van der Waals surface area contributed by atoms with E-state index in [0.29, 0.717) is 45.8 Å². The number of fused-ring (bicyclic) bond motifs is 2. The summed E-state index contributed by atoms with van der Waals surface area (Å²) in [6.45, 7) is 3.92. The number of morpholine rings is 1. The Labute approximate surface area is 171 Å². The predicted molar refractivity (Wildman–Crippen MR) is 106 cm³/mol. The first kappa shape index (κ1) is 20.3. The van der Waals surface area contributed by atoms with E-state index in [0.717, 1.165) is 19.3 Å². The predicted octanol–water partition coefficient (Wildman–Crippen LogP) is 1.34. The molecule has 29 heavy (non-hydrogen) atoms. The Morgan fingerprint density at radius 3 is 2.48 bits per heavy atom. The van der Waals surface area contributed by atoms with E-state index >= 15 is 0 Å². The van der Waals surface area contributed by atoms with Crippen LogP contribution >= 0.6 is 0 Å². The molecule has 0 radical (unpaired) electrons. The number of carbonyl (C=O) groups is 2. The van der Waals surface area contributed by atoms with Gasteiger partial charge in [0.15, 0.2) is 0 Å². The van der Waals surface area contributed by atoms with Crippen molar-refractivity contribution in [3.8, 4) is 0 Å². The molecule has 3 heterocycles. The zero-order chi connectivity index (χ0) is 20.3. The van der Waals surface area contributed by atoms with Gasteiger partial charge in [-0.05, 0) is 30.4 Å². The van der Waals surface area contributed by atoms with Crippen molar-refractivity contribution in [3.05, 3.63) is 35.4 Å². The van der Waals surface area contributed by atoms with Gasteiger partial charge >= 0.3 is 0 Å². The maximum Gasteiger partial charge on any atom is 0.248 e. The number of nitrogens with zero attached hydrogens (tertiary/aromatic N) is 2. The lowest BCUT2D eigenvalue weighted by Gasteiger charge is -2.47. The Balaban J connectivity index is 1.48. The van der Waals surface area contributed by atoms with Crippen LogP contribution in [0.2, 0.25) is 0 Å². The third-order valence-electron chi connectivity index (χ3n) is 6.31. The molecule has 0 saturated carbocycles. The molecule has 1 aromatic rings. The van der Waals surface area contributed by atoms with E-state index in [1.165, 1.54) is 11.1 Å². The van der Waals surface area contributed by atoms with Crippen molar-refractivity contribution in [1.29, 1.82) is 0 Å². The first-order valence-corrected chi connectivity index (χ1v) is 10.5. The van der Waals surface area contributed by atoms with Crippen LogP contribution in [0.25, 0.3) is 0 Å². The topological polar surface area (TPSA) is 68.3 Å². The van der Waals surface area contributed by atoms with E-state index in [4.69, 9.17) is 14.2 Å². The Morgan fingerprint density at radius 2 is 1.76 bits per heavy atom. The Kier molecular flexibility index (Phi) is 6.18. The van der Waals surface area contributed by atoms with Crippen LogP contribution in [0.4, 0.5) is 0 Å². The molecule has 0 aromatic heterocycles. The van der Waals surface area contributed by atoms with E-state index in [1.54, 1.807) is 7.11 Å². The number of rotatable bonds is 4. The summed E-state index contributed by atoms with van der Waals surface area (Å²) in [5, 5.41) is 0. The SMILES string of the molecule is COCC(=O)N1CCC2(CC1)OC(CC(=O)N1CCOCC1)Cc1ccccc12. The minimum Gasteiger partial charge on any atom is -0.378 e. The number of likely N-dealkylation sites (tertiary alicyclic amines) is 1. The van der Waals surface area contributed by atoms with Gasteiger partial charge in [0.1, 0.15) is 6.61 Å². The summed E-state index contributed by atoms with van der Waals surface area (Å²) < 4.78 is 17.0. The molecule has 3 aliphatic rings. The van der Waals surface area contributed by atoms with Crippen molar-refractivity contribution in [1.82, 2.24) is 9.80 Å². The molecule has 1 aromatic carbocycles. The van der Waals surface area contributed by atoms with Gasteiger partial charge in [-0.25, -0.2) is 0 Å². The van der Waals surface area contributed by atoms with Crippen LogP contribution in [0.5, 0.6) is 0 Å². The van der Waals surface area contributed by atoms with Gasteiger partial charge in [0.2, 0.25) is 11.8 Å². The molecule has 0 bridgehead atoms. The first-order chi connectivity index (χ1) is 14.1. The number of hydrogen-bond acceptors (Lipinski definition) is 5. The maximum atomic E-state index is 12.8. The third-order valence-corrected chi connectivity index (χ3v) is 6.31. The molecule has 2 amide bonds. The quantitative estimate of drug-likeness (QED) is 0.760. The molecule has 1 spiro atoms. The van der Waals surface area contributed by atoms with Crippen LogP contribution < -0.4 is 0 Å². The normalized spacial score (nSPS) is 23.7. The summed E-state index contributed by atoms with van der Waals surface area (Å²) in [5.74, 6) is 0.158. The second-order valence-electron chi connectivity index (χ2n) is 8.11. The van der Waals surface area contributed by atoms with Crippen LogP contribution in [0.1, 0.15) is 30.4 Å². The Hall–Kier alpha value is -1.96. The van der Waals surface area contributed by atoms with Gasteiger partial charge in [0.25, 0.3) is 0 Å². The lowest BCUT2D eigenvalue weighted by Crippen LogP contribution is -2.51. The minimum atomic E-state index is -0.422. The first-order valence-electron chi connectivity index (χ1n) is 10.5. The van der Waals surface area contributed by atoms with E-state index in [9.17, 15) is 9.59 Å². The number of piperidine rings is 1. The number of methoxy groups -OCH3 is 1. The van der Waals surface area contributed by atoms with Gasteiger partial charge in [-0.15, -0.1) is 0 Å². The van der Waals surface area contributed by atoms with E-state index < -0.39 is 5.60 Å². The molecule has 1 unspecified atom stereocenters. The summed E-state index contributed by atoms with van der Waals surface area (Å²) in [7, 11) is 1.54.